The van der Waals surface area contributed by atoms with Crippen molar-refractivity contribution in [3.63, 3.8) is 0 Å². The second-order valence-electron chi connectivity index (χ2n) is 5.92. The van der Waals surface area contributed by atoms with Gasteiger partial charge in [-0.2, -0.15) is 0 Å². The van der Waals surface area contributed by atoms with E-state index in [1.165, 1.54) is 6.08 Å². The van der Waals surface area contributed by atoms with Crippen molar-refractivity contribution in [3.05, 3.63) is 59.9 Å². The predicted octanol–water partition coefficient (Wildman–Crippen LogP) is 3.11. The van der Waals surface area contributed by atoms with Crippen molar-refractivity contribution >= 4 is 23.0 Å². The third-order valence-electron chi connectivity index (χ3n) is 4.29. The number of aryl methyl sites for hydroxylation is 1. The van der Waals surface area contributed by atoms with Crippen LogP contribution in [0.25, 0.3) is 17.1 Å². The summed E-state index contributed by atoms with van der Waals surface area (Å²) in [5.41, 5.74) is 2.90. The molecule has 1 aromatic heterocycles. The number of fused-ring (bicyclic) bond motifs is 2. The van der Waals surface area contributed by atoms with E-state index in [0.717, 1.165) is 34.7 Å². The van der Waals surface area contributed by atoms with Crippen LogP contribution in [0.5, 0.6) is 11.5 Å². The van der Waals surface area contributed by atoms with Crippen molar-refractivity contribution < 1.29 is 14.3 Å². The van der Waals surface area contributed by atoms with Crippen LogP contribution in [-0.4, -0.2) is 22.3 Å². The Kier molecular flexibility index (Phi) is 4.31. The van der Waals surface area contributed by atoms with Gasteiger partial charge in [0, 0.05) is 12.6 Å². The fraction of sp³-hybridized carbons (Fsp3) is 0.200. The monoisotopic (exact) mass is 349 g/mol. The molecule has 0 spiro atoms. The second kappa shape index (κ2) is 6.92. The third kappa shape index (κ3) is 3.13. The summed E-state index contributed by atoms with van der Waals surface area (Å²) in [6.45, 7) is 3.49. The standard InChI is InChI=1S/C20H19N3O3/c1-2-23-16-6-4-3-5-15(16)22-19(23)12-21-20(24)10-8-14-7-9-17-18(11-14)26-13-25-17/h3-11H,2,12-13H2,1H3,(H,21,24). The smallest absolute Gasteiger partial charge is 0.244 e. The Balaban J connectivity index is 1.42. The Bertz CT molecular complexity index is 991. The van der Waals surface area contributed by atoms with E-state index in [9.17, 15) is 4.79 Å². The lowest BCUT2D eigenvalue weighted by Gasteiger charge is -2.06. The van der Waals surface area contributed by atoms with Gasteiger partial charge in [0.1, 0.15) is 5.82 Å². The predicted molar refractivity (Wildman–Crippen MR) is 98.9 cm³/mol. The lowest BCUT2D eigenvalue weighted by Crippen LogP contribution is -2.22. The molecule has 6 heteroatoms. The molecule has 132 valence electrons. The average Bonchev–Trinajstić information content (AvgIpc) is 3.27. The maximum Gasteiger partial charge on any atom is 0.244 e. The van der Waals surface area contributed by atoms with E-state index in [-0.39, 0.29) is 12.7 Å². The van der Waals surface area contributed by atoms with Crippen molar-refractivity contribution in [2.24, 2.45) is 0 Å². The Morgan fingerprint density at radius 2 is 2.08 bits per heavy atom. The number of carbonyl (C=O) groups is 1. The normalized spacial score (nSPS) is 12.8. The van der Waals surface area contributed by atoms with Gasteiger partial charge in [0.15, 0.2) is 11.5 Å². The number of hydrogen-bond donors (Lipinski definition) is 1. The molecule has 1 amide bonds. The summed E-state index contributed by atoms with van der Waals surface area (Å²) in [5.74, 6) is 2.10. The highest BCUT2D eigenvalue weighted by atomic mass is 16.7. The van der Waals surface area contributed by atoms with E-state index in [0.29, 0.717) is 12.3 Å². The van der Waals surface area contributed by atoms with E-state index in [2.05, 4.69) is 21.8 Å². The largest absolute Gasteiger partial charge is 0.454 e. The van der Waals surface area contributed by atoms with Gasteiger partial charge in [-0.15, -0.1) is 0 Å². The molecule has 1 aliphatic rings. The summed E-state index contributed by atoms with van der Waals surface area (Å²) in [7, 11) is 0. The van der Waals surface area contributed by atoms with Crippen molar-refractivity contribution in [2.75, 3.05) is 6.79 Å². The topological polar surface area (TPSA) is 65.4 Å². The van der Waals surface area contributed by atoms with Crippen LogP contribution in [0.4, 0.5) is 0 Å². The maximum absolute atomic E-state index is 12.1. The second-order valence-corrected chi connectivity index (χ2v) is 5.92. The van der Waals surface area contributed by atoms with E-state index in [4.69, 9.17) is 9.47 Å². The average molecular weight is 349 g/mol. The van der Waals surface area contributed by atoms with Crippen LogP contribution in [0.1, 0.15) is 18.3 Å². The summed E-state index contributed by atoms with van der Waals surface area (Å²) in [6, 6.07) is 13.5. The highest BCUT2D eigenvalue weighted by Gasteiger charge is 2.12. The zero-order valence-electron chi connectivity index (χ0n) is 14.4. The summed E-state index contributed by atoms with van der Waals surface area (Å²) < 4.78 is 12.7. The zero-order valence-corrected chi connectivity index (χ0v) is 14.4. The van der Waals surface area contributed by atoms with Crippen LogP contribution in [0.3, 0.4) is 0 Å². The molecule has 0 aliphatic carbocycles. The van der Waals surface area contributed by atoms with Crippen LogP contribution in [0, 0.1) is 0 Å². The van der Waals surface area contributed by atoms with Crippen molar-refractivity contribution in [1.82, 2.24) is 14.9 Å². The van der Waals surface area contributed by atoms with Crippen LogP contribution >= 0.6 is 0 Å². The Morgan fingerprint density at radius 3 is 2.96 bits per heavy atom. The molecule has 2 heterocycles. The van der Waals surface area contributed by atoms with Gasteiger partial charge in [-0.1, -0.05) is 18.2 Å². The van der Waals surface area contributed by atoms with Gasteiger partial charge in [0.2, 0.25) is 12.7 Å². The van der Waals surface area contributed by atoms with Gasteiger partial charge >= 0.3 is 0 Å². The molecule has 0 saturated carbocycles. The highest BCUT2D eigenvalue weighted by molar-refractivity contribution is 5.91. The van der Waals surface area contributed by atoms with Gasteiger partial charge in [-0.25, -0.2) is 4.98 Å². The fourth-order valence-corrected chi connectivity index (χ4v) is 3.03. The number of aromatic nitrogens is 2. The van der Waals surface area contributed by atoms with Gasteiger partial charge < -0.3 is 19.4 Å². The quantitative estimate of drug-likeness (QED) is 0.719. The molecule has 26 heavy (non-hydrogen) atoms. The summed E-state index contributed by atoms with van der Waals surface area (Å²) in [4.78, 5) is 16.8. The molecule has 0 unspecified atom stereocenters. The molecule has 0 bridgehead atoms. The van der Waals surface area contributed by atoms with Crippen molar-refractivity contribution in [2.45, 2.75) is 20.0 Å². The van der Waals surface area contributed by atoms with Crippen LogP contribution in [0.2, 0.25) is 0 Å². The molecule has 6 nitrogen and oxygen atoms in total. The third-order valence-corrected chi connectivity index (χ3v) is 4.29. The Morgan fingerprint density at radius 1 is 1.23 bits per heavy atom. The summed E-state index contributed by atoms with van der Waals surface area (Å²) >= 11 is 0. The molecule has 3 aromatic rings. The minimum Gasteiger partial charge on any atom is -0.454 e. The van der Waals surface area contributed by atoms with Gasteiger partial charge in [0.05, 0.1) is 17.6 Å². The first kappa shape index (κ1) is 16.2. The Labute approximate surface area is 151 Å². The number of ether oxygens (including phenoxy) is 2. The van der Waals surface area contributed by atoms with Gasteiger partial charge in [-0.3, -0.25) is 4.79 Å². The first-order chi connectivity index (χ1) is 12.7. The Hall–Kier alpha value is -3.28. The van der Waals surface area contributed by atoms with E-state index < -0.39 is 0 Å². The molecular formula is C20H19N3O3. The first-order valence-corrected chi connectivity index (χ1v) is 8.54. The van der Waals surface area contributed by atoms with E-state index in [1.807, 2.05) is 42.5 Å². The number of amides is 1. The van der Waals surface area contributed by atoms with Gasteiger partial charge in [-0.05, 0) is 42.8 Å². The minimum atomic E-state index is -0.169. The minimum absolute atomic E-state index is 0.169. The van der Waals surface area contributed by atoms with E-state index >= 15 is 0 Å². The summed E-state index contributed by atoms with van der Waals surface area (Å²) in [5, 5.41) is 2.89. The summed E-state index contributed by atoms with van der Waals surface area (Å²) in [6.07, 6.45) is 3.26. The van der Waals surface area contributed by atoms with Crippen LogP contribution in [-0.2, 0) is 17.9 Å². The molecule has 0 fully saturated rings. The lowest BCUT2D eigenvalue weighted by atomic mass is 10.2. The first-order valence-electron chi connectivity index (χ1n) is 8.54. The molecular weight excluding hydrogens is 330 g/mol. The van der Waals surface area contributed by atoms with Crippen molar-refractivity contribution in [1.29, 1.82) is 0 Å². The number of para-hydroxylation sites is 2. The number of rotatable bonds is 5. The maximum atomic E-state index is 12.1. The molecule has 1 aliphatic heterocycles. The molecule has 4 rings (SSSR count). The number of benzene rings is 2. The fourth-order valence-electron chi connectivity index (χ4n) is 3.03. The van der Waals surface area contributed by atoms with Crippen LogP contribution in [0.15, 0.2) is 48.5 Å². The molecule has 0 atom stereocenters. The van der Waals surface area contributed by atoms with Crippen LogP contribution < -0.4 is 14.8 Å². The number of imidazole rings is 1. The number of hydrogen-bond acceptors (Lipinski definition) is 4. The number of nitrogens with one attached hydrogen (secondary N) is 1. The molecule has 1 N–H and O–H groups in total. The molecule has 2 aromatic carbocycles. The molecule has 0 radical (unpaired) electrons. The van der Waals surface area contributed by atoms with Crippen molar-refractivity contribution in [3.8, 4) is 11.5 Å². The number of carbonyl (C=O) groups excluding carboxylic acids is 1. The van der Waals surface area contributed by atoms with Gasteiger partial charge in [0.25, 0.3) is 0 Å². The number of nitrogens with zero attached hydrogens (tertiary/aromatic N) is 2. The van der Waals surface area contributed by atoms with E-state index in [1.54, 1.807) is 6.08 Å². The molecule has 0 saturated heterocycles. The lowest BCUT2D eigenvalue weighted by molar-refractivity contribution is -0.116. The highest BCUT2D eigenvalue weighted by Crippen LogP contribution is 2.32. The zero-order chi connectivity index (χ0) is 17.9. The SMILES string of the molecule is CCn1c(CNC(=O)C=Cc2ccc3c(c2)OCO3)nc2ccccc21.